The monoisotopic (exact) mass is 464 g/mol. The average molecular weight is 465 g/mol. The molecule has 2 aliphatic heterocycles. The van der Waals surface area contributed by atoms with Crippen LogP contribution in [0.25, 0.3) is 0 Å². The normalized spacial score (nSPS) is 18.3. The molecule has 1 aromatic heterocycles. The summed E-state index contributed by atoms with van der Waals surface area (Å²) in [6, 6.07) is 18.9. The van der Waals surface area contributed by atoms with Crippen molar-refractivity contribution in [3.63, 3.8) is 0 Å². The molecule has 0 aliphatic carbocycles. The Morgan fingerprint density at radius 1 is 0.971 bits per heavy atom. The van der Waals surface area contributed by atoms with E-state index in [1.54, 1.807) is 6.20 Å². The van der Waals surface area contributed by atoms with Crippen molar-refractivity contribution in [2.24, 2.45) is 0 Å². The molecule has 0 amide bonds. The van der Waals surface area contributed by atoms with Crippen molar-refractivity contribution in [1.29, 1.82) is 0 Å². The van der Waals surface area contributed by atoms with Gasteiger partial charge in [-0.3, -0.25) is 4.90 Å². The first-order valence-electron chi connectivity index (χ1n) is 11.7. The summed E-state index contributed by atoms with van der Waals surface area (Å²) < 4.78 is 32.1. The summed E-state index contributed by atoms with van der Waals surface area (Å²) in [5, 5.41) is 0. The zero-order valence-electron chi connectivity index (χ0n) is 19.8. The summed E-state index contributed by atoms with van der Waals surface area (Å²) >= 11 is 0. The standard InChI is InChI=1S/C27H30F2N4O/c1-19-4-6-20(7-5-19)26(2,3)21-8-10-24(11-9-21)34-16-22-12-13-30-25(31-22)32-14-23(15-32)33-17-27(28,29)18-33/h4-13,23H,14-18H2,1-3H3. The second-order valence-corrected chi connectivity index (χ2v) is 9.97. The van der Waals surface area contributed by atoms with Gasteiger partial charge >= 0.3 is 0 Å². The third kappa shape index (κ3) is 4.62. The average Bonchev–Trinajstić information content (AvgIpc) is 2.76. The summed E-state index contributed by atoms with van der Waals surface area (Å²) in [4.78, 5) is 12.8. The van der Waals surface area contributed by atoms with E-state index in [1.807, 2.05) is 28.0 Å². The van der Waals surface area contributed by atoms with Crippen molar-refractivity contribution in [1.82, 2.24) is 14.9 Å². The second-order valence-electron chi connectivity index (χ2n) is 9.97. The van der Waals surface area contributed by atoms with Gasteiger partial charge in [-0.25, -0.2) is 18.7 Å². The van der Waals surface area contributed by atoms with Crippen molar-refractivity contribution in [2.45, 2.75) is 44.8 Å². The number of rotatable bonds is 7. The number of anilines is 1. The number of likely N-dealkylation sites (tertiary alicyclic amines) is 1. The SMILES string of the molecule is Cc1ccc(C(C)(C)c2ccc(OCc3ccnc(N4CC(N5CC(F)(F)C5)C4)n3)cc2)cc1. The molecule has 2 saturated heterocycles. The topological polar surface area (TPSA) is 41.5 Å². The molecule has 0 bridgehead atoms. The van der Waals surface area contributed by atoms with E-state index in [2.05, 4.69) is 67.1 Å². The summed E-state index contributed by atoms with van der Waals surface area (Å²) in [5.41, 5.74) is 4.44. The van der Waals surface area contributed by atoms with Gasteiger partial charge < -0.3 is 9.64 Å². The molecular formula is C27H30F2N4O. The van der Waals surface area contributed by atoms with Gasteiger partial charge in [0.2, 0.25) is 5.95 Å². The van der Waals surface area contributed by atoms with E-state index in [0.29, 0.717) is 25.6 Å². The molecule has 0 radical (unpaired) electrons. The van der Waals surface area contributed by atoms with Gasteiger partial charge in [-0.2, -0.15) is 0 Å². The minimum Gasteiger partial charge on any atom is -0.487 e. The highest BCUT2D eigenvalue weighted by Gasteiger charge is 2.49. The number of aromatic nitrogens is 2. The molecule has 0 spiro atoms. The minimum absolute atomic E-state index is 0.102. The van der Waals surface area contributed by atoms with Crippen LogP contribution in [0.2, 0.25) is 0 Å². The van der Waals surface area contributed by atoms with Crippen molar-refractivity contribution >= 4 is 5.95 Å². The predicted octanol–water partition coefficient (Wildman–Crippen LogP) is 4.83. The van der Waals surface area contributed by atoms with E-state index in [9.17, 15) is 8.78 Å². The van der Waals surface area contributed by atoms with Gasteiger partial charge in [0.1, 0.15) is 12.4 Å². The largest absolute Gasteiger partial charge is 0.487 e. The van der Waals surface area contributed by atoms with Crippen molar-refractivity contribution in [2.75, 3.05) is 31.1 Å². The molecule has 2 aliphatic rings. The molecule has 2 aromatic carbocycles. The van der Waals surface area contributed by atoms with Gasteiger partial charge in [0, 0.05) is 30.7 Å². The highest BCUT2D eigenvalue weighted by molar-refractivity contribution is 5.41. The molecule has 3 heterocycles. The Morgan fingerprint density at radius 3 is 2.21 bits per heavy atom. The first-order chi connectivity index (χ1) is 16.2. The van der Waals surface area contributed by atoms with Gasteiger partial charge in [-0.05, 0) is 36.2 Å². The lowest BCUT2D eigenvalue weighted by Crippen LogP contribution is -2.69. The Bertz CT molecular complexity index is 1130. The highest BCUT2D eigenvalue weighted by atomic mass is 19.3. The first kappa shape index (κ1) is 22.7. The maximum atomic E-state index is 13.1. The Hall–Kier alpha value is -3.06. The van der Waals surface area contributed by atoms with E-state index in [0.717, 1.165) is 11.4 Å². The van der Waals surface area contributed by atoms with Crippen LogP contribution in [0, 0.1) is 6.92 Å². The molecule has 0 saturated carbocycles. The third-order valence-corrected chi connectivity index (χ3v) is 6.97. The van der Waals surface area contributed by atoms with E-state index >= 15 is 0 Å². The quantitative estimate of drug-likeness (QED) is 0.501. The molecule has 178 valence electrons. The second kappa shape index (κ2) is 8.62. The molecule has 7 heteroatoms. The number of benzene rings is 2. The summed E-state index contributed by atoms with van der Waals surface area (Å²) in [6.45, 7) is 7.97. The van der Waals surface area contributed by atoms with E-state index in [4.69, 9.17) is 4.74 Å². The molecule has 2 fully saturated rings. The highest BCUT2D eigenvalue weighted by Crippen LogP contribution is 2.33. The summed E-state index contributed by atoms with van der Waals surface area (Å²) in [6.07, 6.45) is 1.72. The maximum absolute atomic E-state index is 13.1. The van der Waals surface area contributed by atoms with Crippen molar-refractivity contribution < 1.29 is 13.5 Å². The zero-order chi connectivity index (χ0) is 23.9. The zero-order valence-corrected chi connectivity index (χ0v) is 19.8. The lowest BCUT2D eigenvalue weighted by Gasteiger charge is -2.51. The van der Waals surface area contributed by atoms with Crippen LogP contribution in [0.5, 0.6) is 5.75 Å². The van der Waals surface area contributed by atoms with Crippen LogP contribution in [0.1, 0.15) is 36.2 Å². The Morgan fingerprint density at radius 2 is 1.59 bits per heavy atom. The van der Waals surface area contributed by atoms with E-state index in [1.165, 1.54) is 16.7 Å². The van der Waals surface area contributed by atoms with Gasteiger partial charge in [-0.15, -0.1) is 0 Å². The minimum atomic E-state index is -2.52. The molecular weight excluding hydrogens is 434 g/mol. The van der Waals surface area contributed by atoms with Gasteiger partial charge in [0.15, 0.2) is 0 Å². The molecule has 0 atom stereocenters. The number of nitrogens with zero attached hydrogens (tertiary/aromatic N) is 4. The third-order valence-electron chi connectivity index (χ3n) is 6.97. The molecule has 0 N–H and O–H groups in total. The molecule has 0 unspecified atom stereocenters. The summed E-state index contributed by atoms with van der Waals surface area (Å²) in [5.74, 6) is -1.12. The predicted molar refractivity (Wildman–Crippen MR) is 129 cm³/mol. The molecule has 3 aromatic rings. The summed E-state index contributed by atoms with van der Waals surface area (Å²) in [7, 11) is 0. The van der Waals surface area contributed by atoms with Crippen LogP contribution < -0.4 is 9.64 Å². The fourth-order valence-corrected chi connectivity index (χ4v) is 4.54. The van der Waals surface area contributed by atoms with Crippen LogP contribution in [0.4, 0.5) is 14.7 Å². The van der Waals surface area contributed by atoms with Gasteiger partial charge in [0.05, 0.1) is 18.8 Å². The van der Waals surface area contributed by atoms with Gasteiger partial charge in [-0.1, -0.05) is 55.8 Å². The van der Waals surface area contributed by atoms with Crippen molar-refractivity contribution in [3.8, 4) is 5.75 Å². The van der Waals surface area contributed by atoms with Crippen LogP contribution in [-0.2, 0) is 12.0 Å². The molecule has 5 rings (SSSR count). The molecule has 34 heavy (non-hydrogen) atoms. The first-order valence-corrected chi connectivity index (χ1v) is 11.7. The van der Waals surface area contributed by atoms with Crippen LogP contribution >= 0.6 is 0 Å². The number of alkyl halides is 2. The number of halogens is 2. The van der Waals surface area contributed by atoms with E-state index < -0.39 is 5.92 Å². The number of hydrogen-bond donors (Lipinski definition) is 0. The Balaban J connectivity index is 1.16. The van der Waals surface area contributed by atoms with Crippen LogP contribution in [0.15, 0.2) is 60.8 Å². The fraction of sp³-hybridized carbons (Fsp3) is 0.407. The van der Waals surface area contributed by atoms with Crippen LogP contribution in [0.3, 0.4) is 0 Å². The maximum Gasteiger partial charge on any atom is 0.272 e. The lowest BCUT2D eigenvalue weighted by molar-refractivity contribution is -0.148. The Kier molecular flexibility index (Phi) is 5.76. The van der Waals surface area contributed by atoms with Crippen molar-refractivity contribution in [3.05, 3.63) is 83.2 Å². The number of aryl methyl sites for hydroxylation is 1. The number of hydrogen-bond acceptors (Lipinski definition) is 5. The number of ether oxygens (including phenoxy) is 1. The lowest BCUT2D eigenvalue weighted by atomic mass is 9.78. The van der Waals surface area contributed by atoms with Gasteiger partial charge in [0.25, 0.3) is 5.92 Å². The van der Waals surface area contributed by atoms with E-state index in [-0.39, 0.29) is 24.5 Å². The molecule has 5 nitrogen and oxygen atoms in total. The smallest absolute Gasteiger partial charge is 0.272 e. The fourth-order valence-electron chi connectivity index (χ4n) is 4.54. The van der Waals surface area contributed by atoms with Crippen LogP contribution in [-0.4, -0.2) is 53.0 Å². The Labute approximate surface area is 199 Å².